The monoisotopic (exact) mass is 416 g/mol. The molecule has 1 aromatic rings. The van der Waals surface area contributed by atoms with Gasteiger partial charge in [-0.25, -0.2) is 0 Å². The van der Waals surface area contributed by atoms with E-state index in [0.29, 0.717) is 12.8 Å². The molecule has 0 bridgehead atoms. The van der Waals surface area contributed by atoms with E-state index in [1.807, 2.05) is 44.2 Å². The van der Waals surface area contributed by atoms with Crippen molar-refractivity contribution in [2.75, 3.05) is 20.6 Å². The van der Waals surface area contributed by atoms with Crippen molar-refractivity contribution < 1.29 is 19.2 Å². The van der Waals surface area contributed by atoms with Gasteiger partial charge >= 0.3 is 0 Å². The van der Waals surface area contributed by atoms with E-state index in [0.717, 1.165) is 5.56 Å². The third-order valence-corrected chi connectivity index (χ3v) is 5.48. The average Bonchev–Trinajstić information content (AvgIpc) is 2.72. The molecule has 0 spiro atoms. The number of hydrogen-bond acceptors (Lipinski definition) is 4. The molecule has 8 heteroatoms. The van der Waals surface area contributed by atoms with Gasteiger partial charge in [-0.2, -0.15) is 0 Å². The number of rotatable bonds is 4. The van der Waals surface area contributed by atoms with Crippen molar-refractivity contribution in [3.63, 3.8) is 0 Å². The first-order valence-corrected chi connectivity index (χ1v) is 10.3. The Hall–Kier alpha value is -2.90. The van der Waals surface area contributed by atoms with Crippen molar-refractivity contribution in [3.8, 4) is 0 Å². The van der Waals surface area contributed by atoms with E-state index in [4.69, 9.17) is 0 Å². The summed E-state index contributed by atoms with van der Waals surface area (Å²) in [5.41, 5.74) is 0.894. The topological polar surface area (TPSA) is 98.8 Å². The Labute approximate surface area is 178 Å². The highest BCUT2D eigenvalue weighted by atomic mass is 16.2. The molecule has 0 saturated carbocycles. The molecule has 8 nitrogen and oxygen atoms in total. The molecular formula is C22H32N4O4. The summed E-state index contributed by atoms with van der Waals surface area (Å²) in [6.45, 7) is 5.28. The lowest BCUT2D eigenvalue weighted by molar-refractivity contribution is -0.145. The summed E-state index contributed by atoms with van der Waals surface area (Å²) < 4.78 is 0. The molecule has 3 atom stereocenters. The molecule has 30 heavy (non-hydrogen) atoms. The zero-order valence-electron chi connectivity index (χ0n) is 18.3. The second-order valence-electron chi connectivity index (χ2n) is 8.24. The number of carbonyl (C=O) groups excluding carboxylic acids is 4. The minimum Gasteiger partial charge on any atom is -0.345 e. The van der Waals surface area contributed by atoms with Crippen LogP contribution in [0, 0.1) is 5.92 Å². The van der Waals surface area contributed by atoms with Gasteiger partial charge in [0.05, 0.1) is 6.54 Å². The van der Waals surface area contributed by atoms with E-state index in [1.165, 1.54) is 16.8 Å². The molecule has 3 unspecified atom stereocenters. The molecular weight excluding hydrogens is 384 g/mol. The van der Waals surface area contributed by atoms with E-state index in [-0.39, 0.29) is 24.3 Å². The SMILES string of the molecule is CC(C)CC1NC(=O)C(C)N(C)C(=O)CNC(=O)C(Cc2ccccc2)N(C)C1=O. The van der Waals surface area contributed by atoms with Gasteiger partial charge in [-0.1, -0.05) is 44.2 Å². The van der Waals surface area contributed by atoms with Crippen LogP contribution in [0.3, 0.4) is 0 Å². The molecule has 0 radical (unpaired) electrons. The highest BCUT2D eigenvalue weighted by Crippen LogP contribution is 2.14. The average molecular weight is 417 g/mol. The van der Waals surface area contributed by atoms with Gasteiger partial charge in [-0.3, -0.25) is 19.2 Å². The maximum atomic E-state index is 13.3. The Morgan fingerprint density at radius 1 is 1.00 bits per heavy atom. The molecule has 0 aromatic heterocycles. The van der Waals surface area contributed by atoms with Crippen LogP contribution in [0.2, 0.25) is 0 Å². The number of hydrogen-bond donors (Lipinski definition) is 2. The van der Waals surface area contributed by atoms with E-state index in [2.05, 4.69) is 10.6 Å². The number of nitrogens with one attached hydrogen (secondary N) is 2. The molecule has 1 aromatic carbocycles. The second kappa shape index (κ2) is 10.2. The second-order valence-corrected chi connectivity index (χ2v) is 8.24. The predicted molar refractivity (Wildman–Crippen MR) is 113 cm³/mol. The number of benzene rings is 1. The van der Waals surface area contributed by atoms with Crippen LogP contribution in [0.4, 0.5) is 0 Å². The Morgan fingerprint density at radius 2 is 1.63 bits per heavy atom. The van der Waals surface area contributed by atoms with Gasteiger partial charge in [0, 0.05) is 20.5 Å². The van der Waals surface area contributed by atoms with Gasteiger partial charge in [0.25, 0.3) is 0 Å². The van der Waals surface area contributed by atoms with Crippen LogP contribution in [0.25, 0.3) is 0 Å². The van der Waals surface area contributed by atoms with Crippen molar-refractivity contribution in [2.45, 2.75) is 51.7 Å². The summed E-state index contributed by atoms with van der Waals surface area (Å²) in [7, 11) is 3.08. The van der Waals surface area contributed by atoms with Gasteiger partial charge in [0.1, 0.15) is 18.1 Å². The number of nitrogens with zero attached hydrogens (tertiary/aromatic N) is 2. The fraction of sp³-hybridized carbons (Fsp3) is 0.545. The molecule has 2 N–H and O–H groups in total. The van der Waals surface area contributed by atoms with Crippen molar-refractivity contribution >= 4 is 23.6 Å². The Bertz CT molecular complexity index is 781. The molecule has 2 rings (SSSR count). The lowest BCUT2D eigenvalue weighted by Gasteiger charge is -2.34. The van der Waals surface area contributed by atoms with Crippen LogP contribution >= 0.6 is 0 Å². The van der Waals surface area contributed by atoms with Gasteiger partial charge < -0.3 is 20.4 Å². The molecule has 1 heterocycles. The maximum Gasteiger partial charge on any atom is 0.245 e. The molecule has 4 amide bonds. The van der Waals surface area contributed by atoms with Crippen LogP contribution in [-0.4, -0.2) is 72.2 Å². The summed E-state index contributed by atoms with van der Waals surface area (Å²) in [6.07, 6.45) is 0.733. The summed E-state index contributed by atoms with van der Waals surface area (Å²) in [6, 6.07) is 7.04. The molecule has 0 aliphatic carbocycles. The van der Waals surface area contributed by atoms with Crippen molar-refractivity contribution in [2.24, 2.45) is 5.92 Å². The number of amides is 4. The van der Waals surface area contributed by atoms with Crippen LogP contribution < -0.4 is 10.6 Å². The lowest BCUT2D eigenvalue weighted by atomic mass is 9.99. The molecule has 164 valence electrons. The summed E-state index contributed by atoms with van der Waals surface area (Å²) in [5.74, 6) is -1.35. The zero-order chi connectivity index (χ0) is 22.4. The van der Waals surface area contributed by atoms with Crippen LogP contribution in [0.15, 0.2) is 30.3 Å². The predicted octanol–water partition coefficient (Wildman–Crippen LogP) is 0.564. The summed E-state index contributed by atoms with van der Waals surface area (Å²) in [4.78, 5) is 54.1. The fourth-order valence-corrected chi connectivity index (χ4v) is 3.42. The molecule has 1 saturated heterocycles. The van der Waals surface area contributed by atoms with Gasteiger partial charge in [-0.15, -0.1) is 0 Å². The van der Waals surface area contributed by atoms with E-state index in [1.54, 1.807) is 14.0 Å². The number of likely N-dealkylation sites (N-methyl/N-ethyl adjacent to an activating group) is 2. The molecule has 1 aliphatic heterocycles. The van der Waals surface area contributed by atoms with Gasteiger partial charge in [0.15, 0.2) is 0 Å². The van der Waals surface area contributed by atoms with Crippen molar-refractivity contribution in [1.82, 2.24) is 20.4 Å². The van der Waals surface area contributed by atoms with E-state index in [9.17, 15) is 19.2 Å². The van der Waals surface area contributed by atoms with Crippen LogP contribution in [0.5, 0.6) is 0 Å². The first kappa shape index (κ1) is 23.4. The Morgan fingerprint density at radius 3 is 2.23 bits per heavy atom. The largest absolute Gasteiger partial charge is 0.345 e. The molecule has 1 aliphatic rings. The Balaban J connectivity index is 2.39. The molecule has 1 fully saturated rings. The standard InChI is InChI=1S/C22H32N4O4/c1-14(2)11-17-22(30)26(5)18(12-16-9-7-6-8-10-16)21(29)23-13-19(27)25(4)15(3)20(28)24-17/h6-10,14-15,17-18H,11-13H2,1-5H3,(H,23,29)(H,24,28). The normalized spacial score (nSPS) is 24.3. The third kappa shape index (κ3) is 5.81. The summed E-state index contributed by atoms with van der Waals surface area (Å²) in [5, 5.41) is 5.43. The van der Waals surface area contributed by atoms with Gasteiger partial charge in [0.2, 0.25) is 23.6 Å². The minimum atomic E-state index is -0.804. The highest BCUT2D eigenvalue weighted by molar-refractivity contribution is 5.96. The highest BCUT2D eigenvalue weighted by Gasteiger charge is 2.35. The quantitative estimate of drug-likeness (QED) is 0.749. The lowest BCUT2D eigenvalue weighted by Crippen LogP contribution is -2.59. The fourth-order valence-electron chi connectivity index (χ4n) is 3.42. The zero-order valence-corrected chi connectivity index (χ0v) is 18.3. The smallest absolute Gasteiger partial charge is 0.245 e. The first-order valence-electron chi connectivity index (χ1n) is 10.3. The first-order chi connectivity index (χ1) is 14.1. The van der Waals surface area contributed by atoms with E-state index < -0.39 is 29.9 Å². The summed E-state index contributed by atoms with van der Waals surface area (Å²) >= 11 is 0. The Kier molecular flexibility index (Phi) is 7.97. The van der Waals surface area contributed by atoms with Gasteiger partial charge in [-0.05, 0) is 24.8 Å². The third-order valence-electron chi connectivity index (χ3n) is 5.48. The van der Waals surface area contributed by atoms with Crippen LogP contribution in [-0.2, 0) is 25.6 Å². The van der Waals surface area contributed by atoms with E-state index >= 15 is 0 Å². The number of carbonyl (C=O) groups is 4. The maximum absolute atomic E-state index is 13.3. The minimum absolute atomic E-state index is 0.150. The van der Waals surface area contributed by atoms with Crippen molar-refractivity contribution in [3.05, 3.63) is 35.9 Å². The van der Waals surface area contributed by atoms with Crippen LogP contribution in [0.1, 0.15) is 32.8 Å². The van der Waals surface area contributed by atoms with Crippen molar-refractivity contribution in [1.29, 1.82) is 0 Å².